The van der Waals surface area contributed by atoms with Crippen LogP contribution in [0.1, 0.15) is 49.8 Å². The Hall–Kier alpha value is -3.58. The van der Waals surface area contributed by atoms with Crippen molar-refractivity contribution in [2.45, 2.75) is 49.2 Å². The van der Waals surface area contributed by atoms with Crippen molar-refractivity contribution in [1.82, 2.24) is 0 Å². The maximum absolute atomic E-state index is 13.3. The Kier molecular flexibility index (Phi) is 8.79. The summed E-state index contributed by atoms with van der Waals surface area (Å²) in [5.74, 6) is -0.0903. The van der Waals surface area contributed by atoms with E-state index in [2.05, 4.69) is 16.0 Å². The quantitative estimate of drug-likeness (QED) is 0.302. The second-order valence-corrected chi connectivity index (χ2v) is 10.2. The summed E-state index contributed by atoms with van der Waals surface area (Å²) in [6.07, 6.45) is 5.38. The van der Waals surface area contributed by atoms with Gasteiger partial charge < -0.3 is 16.0 Å². The second-order valence-electron chi connectivity index (χ2n) is 9.00. The first-order valence-electron chi connectivity index (χ1n) is 12.3. The average Bonchev–Trinajstić information content (AvgIpc) is 2.90. The molecule has 0 aliphatic heterocycles. The van der Waals surface area contributed by atoms with Gasteiger partial charge in [0, 0.05) is 34.8 Å². The van der Waals surface area contributed by atoms with Crippen molar-refractivity contribution in [2.24, 2.45) is 5.92 Å². The summed E-state index contributed by atoms with van der Waals surface area (Å²) in [7, 11) is 0. The van der Waals surface area contributed by atoms with Gasteiger partial charge in [-0.2, -0.15) is 0 Å². The Morgan fingerprint density at radius 1 is 0.722 bits per heavy atom. The molecule has 0 spiro atoms. The van der Waals surface area contributed by atoms with Gasteiger partial charge >= 0.3 is 0 Å². The van der Waals surface area contributed by atoms with Crippen LogP contribution >= 0.6 is 11.8 Å². The molecule has 0 heterocycles. The Labute approximate surface area is 216 Å². The lowest BCUT2D eigenvalue weighted by Gasteiger charge is -2.21. The van der Waals surface area contributed by atoms with Crippen LogP contribution < -0.4 is 16.0 Å². The van der Waals surface area contributed by atoms with Gasteiger partial charge in [-0.1, -0.05) is 49.6 Å². The average molecular weight is 502 g/mol. The summed E-state index contributed by atoms with van der Waals surface area (Å²) >= 11 is 1.45. The van der Waals surface area contributed by atoms with E-state index in [1.807, 2.05) is 54.6 Å². The summed E-state index contributed by atoms with van der Waals surface area (Å²) in [4.78, 5) is 38.0. The van der Waals surface area contributed by atoms with Crippen LogP contribution in [0.2, 0.25) is 0 Å². The van der Waals surface area contributed by atoms with E-state index in [-0.39, 0.29) is 23.6 Å². The van der Waals surface area contributed by atoms with Gasteiger partial charge in [0.05, 0.1) is 0 Å². The number of amides is 3. The van der Waals surface area contributed by atoms with Gasteiger partial charge in [-0.25, -0.2) is 0 Å². The number of benzene rings is 3. The van der Waals surface area contributed by atoms with Crippen LogP contribution in [-0.2, 0) is 14.4 Å². The van der Waals surface area contributed by atoms with Crippen molar-refractivity contribution in [3.05, 3.63) is 84.4 Å². The number of anilines is 3. The van der Waals surface area contributed by atoms with Crippen molar-refractivity contribution >= 4 is 46.5 Å². The zero-order chi connectivity index (χ0) is 25.3. The van der Waals surface area contributed by atoms with Crippen LogP contribution in [0.25, 0.3) is 0 Å². The third kappa shape index (κ3) is 7.21. The third-order valence-corrected chi connectivity index (χ3v) is 7.43. The molecule has 6 nitrogen and oxygen atoms in total. The fourth-order valence-electron chi connectivity index (χ4n) is 4.31. The largest absolute Gasteiger partial charge is 0.326 e. The molecule has 0 radical (unpaired) electrons. The Bertz CT molecular complexity index is 1170. The first-order chi connectivity index (χ1) is 17.5. The fraction of sp³-hybridized carbons (Fsp3) is 0.276. The normalized spacial score (nSPS) is 14.5. The Balaban J connectivity index is 1.43. The van der Waals surface area contributed by atoms with Crippen molar-refractivity contribution < 1.29 is 14.4 Å². The highest BCUT2D eigenvalue weighted by Crippen LogP contribution is 2.37. The lowest BCUT2D eigenvalue weighted by molar-refractivity contribution is -0.120. The van der Waals surface area contributed by atoms with Crippen molar-refractivity contribution in [2.75, 3.05) is 16.0 Å². The number of hydrogen-bond acceptors (Lipinski definition) is 4. The standard InChI is InChI=1S/C29H31N3O3S/c1-20(33)30-23-12-14-24(15-13-23)32-29(35)27(21-8-4-2-5-9-21)36-26-18-16-25(17-19-26)31-28(34)22-10-6-3-7-11-22/h2,4-5,8-9,12-19,22,27H,3,6-7,10-11H2,1H3,(H,30,33)(H,31,34)(H,32,35). The second kappa shape index (κ2) is 12.4. The zero-order valence-electron chi connectivity index (χ0n) is 20.3. The van der Waals surface area contributed by atoms with Gasteiger partial charge in [-0.15, -0.1) is 11.8 Å². The molecule has 0 aromatic heterocycles. The molecule has 36 heavy (non-hydrogen) atoms. The van der Waals surface area contributed by atoms with Crippen LogP contribution in [0, 0.1) is 5.92 Å². The predicted octanol–water partition coefficient (Wildman–Crippen LogP) is 6.64. The molecule has 0 bridgehead atoms. The van der Waals surface area contributed by atoms with Crippen LogP contribution in [0.5, 0.6) is 0 Å². The van der Waals surface area contributed by atoms with E-state index in [4.69, 9.17) is 0 Å². The van der Waals surface area contributed by atoms with Crippen LogP contribution in [-0.4, -0.2) is 17.7 Å². The first kappa shape index (κ1) is 25.5. The van der Waals surface area contributed by atoms with Gasteiger partial charge in [0.2, 0.25) is 17.7 Å². The number of rotatable bonds is 8. The minimum Gasteiger partial charge on any atom is -0.326 e. The van der Waals surface area contributed by atoms with Crippen LogP contribution in [0.4, 0.5) is 17.1 Å². The van der Waals surface area contributed by atoms with E-state index >= 15 is 0 Å². The molecule has 4 rings (SSSR count). The molecule has 1 saturated carbocycles. The topological polar surface area (TPSA) is 87.3 Å². The molecule has 3 aromatic rings. The molecule has 3 aromatic carbocycles. The third-order valence-electron chi connectivity index (χ3n) is 6.17. The molecular weight excluding hydrogens is 470 g/mol. The van der Waals surface area contributed by atoms with Crippen molar-refractivity contribution in [3.8, 4) is 0 Å². The molecule has 186 valence electrons. The molecule has 3 N–H and O–H groups in total. The lowest BCUT2D eigenvalue weighted by atomic mass is 9.88. The predicted molar refractivity (Wildman–Crippen MR) is 146 cm³/mol. The van der Waals surface area contributed by atoms with Gasteiger partial charge in [0.1, 0.15) is 5.25 Å². The summed E-state index contributed by atoms with van der Waals surface area (Å²) in [5.41, 5.74) is 2.99. The number of hydrogen-bond donors (Lipinski definition) is 3. The van der Waals surface area contributed by atoms with Gasteiger partial charge in [0.15, 0.2) is 0 Å². The van der Waals surface area contributed by atoms with Crippen molar-refractivity contribution in [1.29, 1.82) is 0 Å². The first-order valence-corrected chi connectivity index (χ1v) is 13.2. The molecular formula is C29H31N3O3S. The number of carbonyl (C=O) groups excluding carboxylic acids is 3. The smallest absolute Gasteiger partial charge is 0.242 e. The molecule has 1 unspecified atom stereocenters. The lowest BCUT2D eigenvalue weighted by Crippen LogP contribution is -2.24. The number of nitrogens with one attached hydrogen (secondary N) is 3. The highest BCUT2D eigenvalue weighted by molar-refractivity contribution is 8.00. The maximum Gasteiger partial charge on any atom is 0.242 e. The zero-order valence-corrected chi connectivity index (χ0v) is 21.1. The fourth-order valence-corrected chi connectivity index (χ4v) is 5.34. The van der Waals surface area contributed by atoms with E-state index in [1.54, 1.807) is 24.3 Å². The summed E-state index contributed by atoms with van der Waals surface area (Å²) in [6, 6.07) is 24.3. The van der Waals surface area contributed by atoms with Gasteiger partial charge in [-0.3, -0.25) is 14.4 Å². The molecule has 1 fully saturated rings. The molecule has 1 aliphatic rings. The van der Waals surface area contributed by atoms with E-state index < -0.39 is 5.25 Å². The van der Waals surface area contributed by atoms with E-state index in [0.29, 0.717) is 11.4 Å². The van der Waals surface area contributed by atoms with Crippen LogP contribution in [0.3, 0.4) is 0 Å². The molecule has 3 amide bonds. The van der Waals surface area contributed by atoms with Gasteiger partial charge in [0.25, 0.3) is 0 Å². The van der Waals surface area contributed by atoms with E-state index in [9.17, 15) is 14.4 Å². The summed E-state index contributed by atoms with van der Waals surface area (Å²) in [5, 5.41) is 8.28. The SMILES string of the molecule is CC(=O)Nc1ccc(NC(=O)C(Sc2ccc(NC(=O)C3CCCCC3)cc2)c2ccccc2)cc1. The van der Waals surface area contributed by atoms with Gasteiger partial charge in [-0.05, 0) is 66.9 Å². The maximum atomic E-state index is 13.3. The summed E-state index contributed by atoms with van der Waals surface area (Å²) in [6.45, 7) is 1.45. The Morgan fingerprint density at radius 3 is 1.89 bits per heavy atom. The molecule has 7 heteroatoms. The van der Waals surface area contributed by atoms with E-state index in [0.717, 1.165) is 41.8 Å². The van der Waals surface area contributed by atoms with E-state index in [1.165, 1.54) is 25.1 Å². The highest BCUT2D eigenvalue weighted by Gasteiger charge is 2.23. The molecule has 1 atom stereocenters. The van der Waals surface area contributed by atoms with Crippen molar-refractivity contribution in [3.63, 3.8) is 0 Å². The molecule has 0 saturated heterocycles. The Morgan fingerprint density at radius 2 is 1.28 bits per heavy atom. The molecule has 1 aliphatic carbocycles. The number of thioether (sulfide) groups is 1. The summed E-state index contributed by atoms with van der Waals surface area (Å²) < 4.78 is 0. The minimum atomic E-state index is -0.469. The number of carbonyl (C=O) groups is 3. The highest BCUT2D eigenvalue weighted by atomic mass is 32.2. The van der Waals surface area contributed by atoms with Crippen LogP contribution in [0.15, 0.2) is 83.8 Å². The minimum absolute atomic E-state index is 0.0983. The monoisotopic (exact) mass is 501 g/mol.